The Morgan fingerprint density at radius 1 is 0.324 bits per heavy atom. The molecule has 4 aliphatic carbocycles. The molecule has 0 heterocycles. The first-order chi connectivity index (χ1) is 16.8. The predicted molar refractivity (Wildman–Crippen MR) is 147 cm³/mol. The van der Waals surface area contributed by atoms with Crippen LogP contribution in [0.15, 0.2) is 97.1 Å². The quantitative estimate of drug-likeness (QED) is 0.208. The summed E-state index contributed by atoms with van der Waals surface area (Å²) < 4.78 is 0. The van der Waals surface area contributed by atoms with Gasteiger partial charge in [-0.15, -0.1) is 0 Å². The van der Waals surface area contributed by atoms with Crippen molar-refractivity contribution in [1.82, 2.24) is 0 Å². The summed E-state index contributed by atoms with van der Waals surface area (Å²) in [4.78, 5) is 0. The zero-order chi connectivity index (χ0) is 22.5. The van der Waals surface area contributed by atoms with E-state index in [1.54, 1.807) is 0 Å². The lowest BCUT2D eigenvalue weighted by Crippen LogP contribution is -1.96. The molecule has 0 heteroatoms. The van der Waals surface area contributed by atoms with Gasteiger partial charge in [-0.2, -0.15) is 0 Å². The van der Waals surface area contributed by atoms with Crippen molar-refractivity contribution in [3.8, 4) is 0 Å². The van der Waals surface area contributed by atoms with Gasteiger partial charge in [0.25, 0.3) is 0 Å². The highest BCUT2D eigenvalue weighted by Gasteiger charge is 2.10. The van der Waals surface area contributed by atoms with E-state index in [1.165, 1.54) is 65.3 Å². The maximum atomic E-state index is 2.44. The molecular weight excluding hydrogens is 408 g/mol. The molecule has 0 N–H and O–H groups in total. The minimum atomic E-state index is 1.11. The van der Waals surface area contributed by atoms with Gasteiger partial charge in [0.15, 0.2) is 0 Å². The van der Waals surface area contributed by atoms with Gasteiger partial charge in [-0.1, -0.05) is 72.8 Å². The number of hydrogen-bond acceptors (Lipinski definition) is 0. The third-order valence-electron chi connectivity index (χ3n) is 7.90. The van der Waals surface area contributed by atoms with Crippen LogP contribution < -0.4 is 0 Å². The molecule has 0 fully saturated rings. The van der Waals surface area contributed by atoms with E-state index < -0.39 is 0 Å². The molecule has 0 aromatic heterocycles. The van der Waals surface area contributed by atoms with Crippen LogP contribution in [0.4, 0.5) is 0 Å². The largest absolute Gasteiger partial charge is 0.0614 e. The first-order valence-corrected chi connectivity index (χ1v) is 12.7. The SMILES string of the molecule is c1cc2c3cc4cccc(c4cc3c1)CCCc1cccc3cc4c(cccc4cc13)CCC2. The van der Waals surface area contributed by atoms with E-state index in [9.17, 15) is 0 Å². The normalized spacial score (nSPS) is 14.4. The Bertz CT molecular complexity index is 1450. The summed E-state index contributed by atoms with van der Waals surface area (Å²) in [5, 5.41) is 11.2. The van der Waals surface area contributed by atoms with Gasteiger partial charge in [0.2, 0.25) is 0 Å². The molecule has 0 atom stereocenters. The van der Waals surface area contributed by atoms with E-state index in [2.05, 4.69) is 97.1 Å². The minimum Gasteiger partial charge on any atom is -0.0614 e. The Balaban J connectivity index is 1.42. The Hall–Kier alpha value is -3.64. The van der Waals surface area contributed by atoms with Gasteiger partial charge in [0.1, 0.15) is 0 Å². The summed E-state index contributed by atoms with van der Waals surface area (Å²) in [5.74, 6) is 0. The molecule has 164 valence electrons. The average molecular weight is 437 g/mol. The summed E-state index contributed by atoms with van der Waals surface area (Å²) in [6, 6.07) is 37.2. The molecule has 0 radical (unpaired) electrons. The van der Waals surface area contributed by atoms with E-state index in [4.69, 9.17) is 0 Å². The number of rotatable bonds is 0. The molecule has 6 aromatic rings. The van der Waals surface area contributed by atoms with E-state index in [1.807, 2.05) is 0 Å². The monoisotopic (exact) mass is 436 g/mol. The van der Waals surface area contributed by atoms with Gasteiger partial charge in [0.05, 0.1) is 0 Å². The first kappa shape index (κ1) is 19.8. The predicted octanol–water partition coefficient (Wildman–Crippen LogP) is 8.96. The molecule has 0 unspecified atom stereocenters. The summed E-state index contributed by atoms with van der Waals surface area (Å²) in [5.41, 5.74) is 5.89. The van der Waals surface area contributed by atoms with Gasteiger partial charge < -0.3 is 0 Å². The number of aryl methyl sites for hydroxylation is 4. The van der Waals surface area contributed by atoms with Crippen molar-refractivity contribution in [3.63, 3.8) is 0 Å². The van der Waals surface area contributed by atoms with Crippen molar-refractivity contribution in [3.05, 3.63) is 119 Å². The third kappa shape index (κ3) is 3.29. The first-order valence-electron chi connectivity index (χ1n) is 12.7. The van der Waals surface area contributed by atoms with Crippen molar-refractivity contribution in [2.75, 3.05) is 0 Å². The Morgan fingerprint density at radius 3 is 0.853 bits per heavy atom. The zero-order valence-corrected chi connectivity index (χ0v) is 19.5. The van der Waals surface area contributed by atoms with Crippen LogP contribution in [0, 0.1) is 0 Å². The lowest BCUT2D eigenvalue weighted by molar-refractivity contribution is 0.828. The van der Waals surface area contributed by atoms with Crippen molar-refractivity contribution in [1.29, 1.82) is 0 Å². The van der Waals surface area contributed by atoms with Crippen molar-refractivity contribution in [2.45, 2.75) is 38.5 Å². The molecular formula is C34H28. The Morgan fingerprint density at radius 2 is 0.588 bits per heavy atom. The fourth-order valence-electron chi connectivity index (χ4n) is 6.17. The molecule has 12 bridgehead atoms. The van der Waals surface area contributed by atoms with Gasteiger partial charge in [-0.3, -0.25) is 0 Å². The van der Waals surface area contributed by atoms with E-state index in [-0.39, 0.29) is 0 Å². The van der Waals surface area contributed by atoms with Crippen molar-refractivity contribution < 1.29 is 0 Å². The van der Waals surface area contributed by atoms with Gasteiger partial charge in [0, 0.05) is 0 Å². The molecule has 6 aromatic carbocycles. The van der Waals surface area contributed by atoms with Crippen LogP contribution in [0.2, 0.25) is 0 Å². The van der Waals surface area contributed by atoms with Crippen LogP contribution in [-0.4, -0.2) is 0 Å². The number of hydrogen-bond donors (Lipinski definition) is 0. The molecule has 0 saturated carbocycles. The Kier molecular flexibility index (Phi) is 4.65. The van der Waals surface area contributed by atoms with Crippen LogP contribution in [0.3, 0.4) is 0 Å². The highest BCUT2D eigenvalue weighted by Crippen LogP contribution is 2.32. The molecule has 0 amide bonds. The Labute approximate surface area is 200 Å². The lowest BCUT2D eigenvalue weighted by atomic mass is 9.90. The third-order valence-corrected chi connectivity index (χ3v) is 7.90. The van der Waals surface area contributed by atoms with Crippen LogP contribution in [0.25, 0.3) is 43.1 Å². The van der Waals surface area contributed by atoms with Crippen LogP contribution in [0.1, 0.15) is 35.1 Å². The van der Waals surface area contributed by atoms with Gasteiger partial charge >= 0.3 is 0 Å². The molecule has 34 heavy (non-hydrogen) atoms. The minimum absolute atomic E-state index is 1.11. The molecule has 10 rings (SSSR count). The number of benzene rings is 6. The average Bonchev–Trinajstić information content (AvgIpc) is 2.87. The van der Waals surface area contributed by atoms with E-state index in [0.29, 0.717) is 0 Å². The smallest absolute Gasteiger partial charge is 0.0146 e. The zero-order valence-electron chi connectivity index (χ0n) is 19.5. The summed E-state index contributed by atoms with van der Waals surface area (Å²) in [6.07, 6.45) is 6.75. The second-order valence-electron chi connectivity index (χ2n) is 9.96. The fourth-order valence-corrected chi connectivity index (χ4v) is 6.17. The van der Waals surface area contributed by atoms with Crippen molar-refractivity contribution in [2.24, 2.45) is 0 Å². The second kappa shape index (κ2) is 7.99. The fraction of sp³-hybridized carbons (Fsp3) is 0.176. The highest BCUT2D eigenvalue weighted by atomic mass is 14.1. The topological polar surface area (TPSA) is 0 Å². The summed E-state index contributed by atoms with van der Waals surface area (Å²) in [7, 11) is 0. The standard InChI is InChI=1S/C34H28/c1-7-23-11-3-15-27-21-33-25(13-5-17-29(33)19-31(23)27)9-2-10-26-14-6-18-30-20-32-24(8-1)12-4-16-28(32)22-34(26)30/h3-6,11-22H,1-2,7-10H2. The summed E-state index contributed by atoms with van der Waals surface area (Å²) >= 11 is 0. The maximum absolute atomic E-state index is 2.44. The lowest BCUT2D eigenvalue weighted by Gasteiger charge is -2.14. The molecule has 0 spiro atoms. The van der Waals surface area contributed by atoms with E-state index in [0.717, 1.165) is 38.5 Å². The molecule has 0 aliphatic heterocycles. The van der Waals surface area contributed by atoms with Crippen LogP contribution in [0.5, 0.6) is 0 Å². The van der Waals surface area contributed by atoms with Crippen LogP contribution >= 0.6 is 0 Å². The molecule has 0 saturated heterocycles. The highest BCUT2D eigenvalue weighted by molar-refractivity contribution is 6.02. The summed E-state index contributed by atoms with van der Waals surface area (Å²) in [6.45, 7) is 0. The second-order valence-corrected chi connectivity index (χ2v) is 9.96. The maximum Gasteiger partial charge on any atom is -0.0146 e. The van der Waals surface area contributed by atoms with Crippen LogP contribution in [-0.2, 0) is 25.7 Å². The van der Waals surface area contributed by atoms with E-state index >= 15 is 0 Å². The molecule has 0 nitrogen and oxygen atoms in total. The molecule has 4 aliphatic rings. The van der Waals surface area contributed by atoms with Crippen molar-refractivity contribution >= 4 is 43.1 Å². The van der Waals surface area contributed by atoms with Gasteiger partial charge in [-0.25, -0.2) is 0 Å². The van der Waals surface area contributed by atoms with Gasteiger partial charge in [-0.05, 0) is 128 Å².